The highest BCUT2D eigenvalue weighted by molar-refractivity contribution is 7.47. The number of phosphoric acid groups is 1. The summed E-state index contributed by atoms with van der Waals surface area (Å²) in [5, 5.41) is 0. The SMILES string of the molecule is CC/C=C/C/C=C/C/C=C/C/C=C/C/C=C/C/C=C/CCC(=O)O[C@H](COC(=O)CCCC/C=C/C/C=C/CCCCCCCC)COP(=O)(O)OCC[N+](C)(C)C. The van der Waals surface area contributed by atoms with E-state index in [1.165, 1.54) is 38.5 Å². The molecule has 2 atom stereocenters. The monoisotopic (exact) mass is 831 g/mol. The van der Waals surface area contributed by atoms with Gasteiger partial charge in [-0.25, -0.2) is 4.57 Å². The number of nitrogens with zero attached hydrogens (tertiary/aromatic N) is 1. The van der Waals surface area contributed by atoms with E-state index in [2.05, 4.69) is 98.9 Å². The van der Waals surface area contributed by atoms with Gasteiger partial charge in [0.25, 0.3) is 0 Å². The minimum Gasteiger partial charge on any atom is -0.462 e. The molecule has 0 aromatic rings. The van der Waals surface area contributed by atoms with Gasteiger partial charge in [-0.15, -0.1) is 0 Å². The summed E-state index contributed by atoms with van der Waals surface area (Å²) in [5.41, 5.74) is 0. The van der Waals surface area contributed by atoms with Gasteiger partial charge < -0.3 is 18.9 Å². The first-order valence-corrected chi connectivity index (χ1v) is 23.5. The van der Waals surface area contributed by atoms with Crippen LogP contribution in [0.15, 0.2) is 97.2 Å². The molecule has 0 bridgehead atoms. The average Bonchev–Trinajstić information content (AvgIpc) is 3.17. The molecule has 0 radical (unpaired) electrons. The van der Waals surface area contributed by atoms with E-state index >= 15 is 0 Å². The van der Waals surface area contributed by atoms with Gasteiger partial charge in [-0.3, -0.25) is 18.6 Å². The standard InChI is InChI=1S/C48H80NO8P/c1-6-8-10-12-14-16-18-20-22-23-24-25-27-29-31-33-35-37-39-41-48(51)57-46(45-56-58(52,53)55-43-42-49(3,4)5)44-54-47(50)40-38-36-34-32-30-28-26-21-19-17-15-13-11-9-7-2/h8,10,14,16,20-22,24-26,29-32,35,37,46H,6-7,9,11-13,15,17-19,23,27-28,33-34,36,38-45H2,1-5H3/p+1/b10-8+,16-14+,22-20+,25-24+,26-21+,31-29+,32-30+,37-35+/t46-/m1/s1. The van der Waals surface area contributed by atoms with E-state index in [1.54, 1.807) is 0 Å². The average molecular weight is 831 g/mol. The van der Waals surface area contributed by atoms with Crippen molar-refractivity contribution < 1.29 is 42.1 Å². The number of hydrogen-bond donors (Lipinski definition) is 1. The lowest BCUT2D eigenvalue weighted by Gasteiger charge is -2.24. The number of unbranched alkanes of at least 4 members (excludes halogenated alkanes) is 8. The number of esters is 2. The van der Waals surface area contributed by atoms with Gasteiger partial charge in [0.15, 0.2) is 6.10 Å². The second-order valence-corrected chi connectivity index (χ2v) is 16.8. The maximum atomic E-state index is 12.7. The first kappa shape index (κ1) is 54.9. The topological polar surface area (TPSA) is 108 Å². The third kappa shape index (κ3) is 42.5. The zero-order chi connectivity index (χ0) is 42.8. The van der Waals surface area contributed by atoms with Crippen molar-refractivity contribution in [1.29, 1.82) is 0 Å². The Kier molecular flexibility index (Phi) is 37.3. The number of allylic oxidation sites excluding steroid dienone is 16. The molecule has 9 nitrogen and oxygen atoms in total. The number of carbonyl (C=O) groups is 2. The van der Waals surface area contributed by atoms with Gasteiger partial charge in [0.2, 0.25) is 0 Å². The fourth-order valence-corrected chi connectivity index (χ4v) is 5.93. The van der Waals surface area contributed by atoms with Crippen molar-refractivity contribution in [1.82, 2.24) is 0 Å². The Hall–Kier alpha value is -3.07. The quantitative estimate of drug-likeness (QED) is 0.0215. The summed E-state index contributed by atoms with van der Waals surface area (Å²) in [6, 6.07) is 0. The van der Waals surface area contributed by atoms with E-state index in [9.17, 15) is 19.0 Å². The predicted octanol–water partition coefficient (Wildman–Crippen LogP) is 12.6. The Morgan fingerprint density at radius 1 is 0.552 bits per heavy atom. The molecule has 0 aromatic carbocycles. The summed E-state index contributed by atoms with van der Waals surface area (Å²) in [6.45, 7) is 4.15. The molecular formula is C48H81NO8P+. The Bertz CT molecular complexity index is 1300. The van der Waals surface area contributed by atoms with Crippen molar-refractivity contribution >= 4 is 19.8 Å². The van der Waals surface area contributed by atoms with Crippen molar-refractivity contribution in [2.24, 2.45) is 0 Å². The van der Waals surface area contributed by atoms with E-state index < -0.39 is 32.5 Å². The molecule has 330 valence electrons. The number of phosphoric ester groups is 1. The van der Waals surface area contributed by atoms with Gasteiger partial charge in [0, 0.05) is 12.8 Å². The summed E-state index contributed by atoms with van der Waals surface area (Å²) in [7, 11) is 1.40. The second-order valence-electron chi connectivity index (χ2n) is 15.3. The molecule has 0 aliphatic carbocycles. The van der Waals surface area contributed by atoms with Crippen LogP contribution in [0.4, 0.5) is 0 Å². The van der Waals surface area contributed by atoms with Crippen LogP contribution in [0.5, 0.6) is 0 Å². The van der Waals surface area contributed by atoms with Gasteiger partial charge in [0.05, 0.1) is 27.7 Å². The van der Waals surface area contributed by atoms with Gasteiger partial charge in [0.1, 0.15) is 19.8 Å². The first-order valence-electron chi connectivity index (χ1n) is 22.0. The normalized spacial score (nSPS) is 14.5. The predicted molar refractivity (Wildman–Crippen MR) is 242 cm³/mol. The number of likely N-dealkylation sites (N-methyl/N-ethyl adjacent to an activating group) is 1. The molecule has 0 heterocycles. The molecule has 58 heavy (non-hydrogen) atoms. The molecule has 0 spiro atoms. The molecule has 0 saturated carbocycles. The van der Waals surface area contributed by atoms with Crippen LogP contribution >= 0.6 is 7.82 Å². The zero-order valence-corrected chi connectivity index (χ0v) is 37.9. The van der Waals surface area contributed by atoms with Crippen molar-refractivity contribution in [2.45, 2.75) is 148 Å². The van der Waals surface area contributed by atoms with Crippen LogP contribution < -0.4 is 0 Å². The molecule has 0 rings (SSSR count). The fourth-order valence-electron chi connectivity index (χ4n) is 5.19. The van der Waals surface area contributed by atoms with Crippen molar-refractivity contribution in [3.05, 3.63) is 97.2 Å². The van der Waals surface area contributed by atoms with Gasteiger partial charge in [-0.2, -0.15) is 0 Å². The zero-order valence-electron chi connectivity index (χ0n) is 37.0. The summed E-state index contributed by atoms with van der Waals surface area (Å²) >= 11 is 0. The van der Waals surface area contributed by atoms with Crippen molar-refractivity contribution in [3.63, 3.8) is 0 Å². The van der Waals surface area contributed by atoms with Crippen LogP contribution in [0.2, 0.25) is 0 Å². The van der Waals surface area contributed by atoms with E-state index in [0.717, 1.165) is 64.2 Å². The maximum Gasteiger partial charge on any atom is 0.472 e. The smallest absolute Gasteiger partial charge is 0.462 e. The van der Waals surface area contributed by atoms with E-state index in [0.29, 0.717) is 23.9 Å². The van der Waals surface area contributed by atoms with Gasteiger partial charge in [-0.05, 0) is 83.5 Å². The Morgan fingerprint density at radius 2 is 1.02 bits per heavy atom. The van der Waals surface area contributed by atoms with E-state index in [1.807, 2.05) is 33.3 Å². The van der Waals surface area contributed by atoms with Crippen LogP contribution in [0.3, 0.4) is 0 Å². The number of hydrogen-bond acceptors (Lipinski definition) is 7. The number of carbonyl (C=O) groups excluding carboxylic acids is 2. The number of ether oxygens (including phenoxy) is 2. The van der Waals surface area contributed by atoms with Crippen LogP contribution in [0.1, 0.15) is 142 Å². The molecule has 0 aliphatic rings. The van der Waals surface area contributed by atoms with Crippen LogP contribution in [-0.2, 0) is 32.7 Å². The number of rotatable bonds is 38. The lowest BCUT2D eigenvalue weighted by Crippen LogP contribution is -2.37. The van der Waals surface area contributed by atoms with Gasteiger partial charge >= 0.3 is 19.8 Å². The molecule has 0 fully saturated rings. The molecule has 10 heteroatoms. The van der Waals surface area contributed by atoms with Crippen molar-refractivity contribution in [3.8, 4) is 0 Å². The molecular weight excluding hydrogens is 750 g/mol. The van der Waals surface area contributed by atoms with Crippen LogP contribution in [-0.4, -0.2) is 74.9 Å². The molecule has 0 aliphatic heterocycles. The summed E-state index contributed by atoms with van der Waals surface area (Å²) in [6.07, 6.45) is 51.9. The Balaban J connectivity index is 4.57. The second kappa shape index (κ2) is 39.4. The molecule has 1 unspecified atom stereocenters. The third-order valence-corrected chi connectivity index (χ3v) is 9.60. The highest BCUT2D eigenvalue weighted by Gasteiger charge is 2.27. The lowest BCUT2D eigenvalue weighted by molar-refractivity contribution is -0.870. The summed E-state index contributed by atoms with van der Waals surface area (Å²) in [5.74, 6) is -0.945. The maximum absolute atomic E-state index is 12.7. The number of quaternary nitrogens is 1. The molecule has 0 amide bonds. The minimum atomic E-state index is -4.41. The highest BCUT2D eigenvalue weighted by Crippen LogP contribution is 2.43. The van der Waals surface area contributed by atoms with E-state index in [-0.39, 0.29) is 26.1 Å². The third-order valence-electron chi connectivity index (χ3n) is 8.61. The molecule has 0 saturated heterocycles. The lowest BCUT2D eigenvalue weighted by atomic mass is 10.1. The highest BCUT2D eigenvalue weighted by atomic mass is 31.2. The van der Waals surface area contributed by atoms with Crippen molar-refractivity contribution in [2.75, 3.05) is 47.5 Å². The minimum absolute atomic E-state index is 0.00776. The van der Waals surface area contributed by atoms with Crippen LogP contribution in [0.25, 0.3) is 0 Å². The summed E-state index contributed by atoms with van der Waals surface area (Å²) < 4.78 is 34.1. The Morgan fingerprint density at radius 3 is 1.53 bits per heavy atom. The first-order chi connectivity index (χ1) is 28.0. The van der Waals surface area contributed by atoms with Gasteiger partial charge in [-0.1, -0.05) is 143 Å². The molecule has 1 N–H and O–H groups in total. The Labute approximate surface area is 353 Å². The summed E-state index contributed by atoms with van der Waals surface area (Å²) in [4.78, 5) is 35.3. The van der Waals surface area contributed by atoms with E-state index in [4.69, 9.17) is 18.5 Å². The van der Waals surface area contributed by atoms with Crippen LogP contribution in [0, 0.1) is 0 Å². The molecule has 0 aromatic heterocycles. The largest absolute Gasteiger partial charge is 0.472 e. The fraction of sp³-hybridized carbons (Fsp3) is 0.625.